The zero-order chi connectivity index (χ0) is 15.5. The van der Waals surface area contributed by atoms with Gasteiger partial charge in [0.2, 0.25) is 0 Å². The lowest BCUT2D eigenvalue weighted by molar-refractivity contribution is -0.117. The molecule has 2 N–H and O–H groups in total. The first-order chi connectivity index (χ1) is 10.1. The molecule has 0 bridgehead atoms. The normalized spacial score (nSPS) is 26.0. The van der Waals surface area contributed by atoms with Crippen LogP contribution in [0.5, 0.6) is 0 Å². The van der Waals surface area contributed by atoms with E-state index in [1.54, 1.807) is 6.92 Å². The predicted molar refractivity (Wildman–Crippen MR) is 88.5 cm³/mol. The van der Waals surface area contributed by atoms with Crippen LogP contribution in [0, 0.1) is 0 Å². The summed E-state index contributed by atoms with van der Waals surface area (Å²) in [5, 5.41) is 13.2. The molecule has 0 aromatic carbocycles. The standard InChI is InChI=1S/C18H35NO2/c1-15(20)11-9-7-5-3-4-6-8-10-12-17-13-14-18(21)16(2)19-17/h16-19,21H,3-14H2,1-2H3/t16-,17-,18-/m1/s1. The van der Waals surface area contributed by atoms with Gasteiger partial charge in [-0.15, -0.1) is 0 Å². The van der Waals surface area contributed by atoms with Crippen molar-refractivity contribution in [3.63, 3.8) is 0 Å². The molecule has 21 heavy (non-hydrogen) atoms. The Labute approximate surface area is 130 Å². The summed E-state index contributed by atoms with van der Waals surface area (Å²) in [6.07, 6.45) is 14.2. The van der Waals surface area contributed by atoms with Crippen molar-refractivity contribution >= 4 is 5.78 Å². The molecule has 3 heteroatoms. The van der Waals surface area contributed by atoms with Crippen LogP contribution in [0.3, 0.4) is 0 Å². The minimum absolute atomic E-state index is 0.149. The molecule has 1 aliphatic rings. The first-order valence-electron chi connectivity index (χ1n) is 9.03. The summed E-state index contributed by atoms with van der Waals surface area (Å²) in [6.45, 7) is 3.77. The number of rotatable bonds is 11. The number of hydrogen-bond donors (Lipinski definition) is 2. The average Bonchev–Trinajstić information content (AvgIpc) is 2.44. The SMILES string of the molecule is CC(=O)CCCCCCCCCC[C@@H]1CC[C@@H](O)[C@@H](C)N1. The van der Waals surface area contributed by atoms with Crippen molar-refractivity contribution in [2.45, 2.75) is 109 Å². The van der Waals surface area contributed by atoms with E-state index in [4.69, 9.17) is 0 Å². The Morgan fingerprint density at radius 2 is 1.57 bits per heavy atom. The van der Waals surface area contributed by atoms with Gasteiger partial charge in [-0.2, -0.15) is 0 Å². The zero-order valence-electron chi connectivity index (χ0n) is 14.1. The van der Waals surface area contributed by atoms with Gasteiger partial charge < -0.3 is 15.2 Å². The topological polar surface area (TPSA) is 49.3 Å². The molecule has 1 rings (SSSR count). The van der Waals surface area contributed by atoms with Gasteiger partial charge in [0.15, 0.2) is 0 Å². The summed E-state index contributed by atoms with van der Waals surface area (Å²) in [7, 11) is 0. The molecule has 1 fully saturated rings. The van der Waals surface area contributed by atoms with Crippen LogP contribution >= 0.6 is 0 Å². The minimum Gasteiger partial charge on any atom is -0.392 e. The van der Waals surface area contributed by atoms with Gasteiger partial charge in [-0.1, -0.05) is 44.9 Å². The van der Waals surface area contributed by atoms with E-state index in [9.17, 15) is 9.90 Å². The van der Waals surface area contributed by atoms with Crippen molar-refractivity contribution in [2.75, 3.05) is 0 Å². The monoisotopic (exact) mass is 297 g/mol. The number of aliphatic hydroxyl groups is 1. The van der Waals surface area contributed by atoms with Crippen LogP contribution in [0.1, 0.15) is 90.9 Å². The summed E-state index contributed by atoms with van der Waals surface area (Å²) in [6, 6.07) is 0.883. The zero-order valence-corrected chi connectivity index (χ0v) is 14.1. The van der Waals surface area contributed by atoms with Crippen molar-refractivity contribution in [1.82, 2.24) is 5.32 Å². The van der Waals surface area contributed by atoms with E-state index in [1.807, 2.05) is 0 Å². The van der Waals surface area contributed by atoms with E-state index in [1.165, 1.54) is 51.4 Å². The third-order valence-electron chi connectivity index (χ3n) is 4.72. The van der Waals surface area contributed by atoms with Crippen LogP contribution in [0.15, 0.2) is 0 Å². The number of piperidine rings is 1. The maximum atomic E-state index is 10.8. The highest BCUT2D eigenvalue weighted by molar-refractivity contribution is 5.75. The Kier molecular flexibility index (Phi) is 9.94. The molecule has 0 aromatic heterocycles. The van der Waals surface area contributed by atoms with Crippen molar-refractivity contribution in [3.8, 4) is 0 Å². The van der Waals surface area contributed by atoms with Crippen LogP contribution < -0.4 is 5.32 Å². The second-order valence-electron chi connectivity index (χ2n) is 6.87. The number of unbranched alkanes of at least 4 members (excludes halogenated alkanes) is 7. The number of carbonyl (C=O) groups excluding carboxylic acids is 1. The highest BCUT2D eigenvalue weighted by Crippen LogP contribution is 2.18. The number of ketones is 1. The number of nitrogens with one attached hydrogen (secondary N) is 1. The second-order valence-corrected chi connectivity index (χ2v) is 6.87. The van der Waals surface area contributed by atoms with E-state index in [0.717, 1.165) is 25.7 Å². The van der Waals surface area contributed by atoms with Crippen molar-refractivity contribution in [1.29, 1.82) is 0 Å². The molecule has 124 valence electrons. The Hall–Kier alpha value is -0.410. The molecule has 0 aromatic rings. The fourth-order valence-electron chi connectivity index (χ4n) is 3.24. The molecule has 0 saturated carbocycles. The van der Waals surface area contributed by atoms with Gasteiger partial charge in [-0.3, -0.25) is 0 Å². The summed E-state index contributed by atoms with van der Waals surface area (Å²) in [5.41, 5.74) is 0. The van der Waals surface area contributed by atoms with Gasteiger partial charge in [-0.05, 0) is 39.5 Å². The lowest BCUT2D eigenvalue weighted by atomic mass is 9.93. The van der Waals surface area contributed by atoms with E-state index in [0.29, 0.717) is 11.8 Å². The van der Waals surface area contributed by atoms with Crippen molar-refractivity contribution in [3.05, 3.63) is 0 Å². The Morgan fingerprint density at radius 3 is 2.14 bits per heavy atom. The molecule has 0 aliphatic carbocycles. The van der Waals surface area contributed by atoms with Crippen LogP contribution in [-0.2, 0) is 4.79 Å². The minimum atomic E-state index is -0.149. The molecule has 0 radical (unpaired) electrons. The third kappa shape index (κ3) is 9.26. The summed E-state index contributed by atoms with van der Waals surface area (Å²) in [5.74, 6) is 0.327. The highest BCUT2D eigenvalue weighted by atomic mass is 16.3. The van der Waals surface area contributed by atoms with E-state index < -0.39 is 0 Å². The fraction of sp³-hybridized carbons (Fsp3) is 0.944. The molecule has 1 saturated heterocycles. The van der Waals surface area contributed by atoms with Crippen molar-refractivity contribution < 1.29 is 9.90 Å². The van der Waals surface area contributed by atoms with Gasteiger partial charge in [0.25, 0.3) is 0 Å². The third-order valence-corrected chi connectivity index (χ3v) is 4.72. The van der Waals surface area contributed by atoms with Crippen LogP contribution in [-0.4, -0.2) is 29.1 Å². The van der Waals surface area contributed by atoms with Crippen LogP contribution in [0.2, 0.25) is 0 Å². The summed E-state index contributed by atoms with van der Waals surface area (Å²) < 4.78 is 0. The first-order valence-corrected chi connectivity index (χ1v) is 9.03. The largest absolute Gasteiger partial charge is 0.392 e. The number of aliphatic hydroxyl groups excluding tert-OH is 1. The Bertz CT molecular complexity index is 280. The smallest absolute Gasteiger partial charge is 0.129 e. The van der Waals surface area contributed by atoms with Gasteiger partial charge in [0.1, 0.15) is 5.78 Å². The Morgan fingerprint density at radius 1 is 1.00 bits per heavy atom. The maximum Gasteiger partial charge on any atom is 0.129 e. The lowest BCUT2D eigenvalue weighted by Gasteiger charge is -2.32. The number of hydrogen-bond acceptors (Lipinski definition) is 3. The van der Waals surface area contributed by atoms with E-state index >= 15 is 0 Å². The van der Waals surface area contributed by atoms with Crippen molar-refractivity contribution in [2.24, 2.45) is 0 Å². The van der Waals surface area contributed by atoms with E-state index in [2.05, 4.69) is 12.2 Å². The van der Waals surface area contributed by atoms with E-state index in [-0.39, 0.29) is 12.1 Å². The van der Waals surface area contributed by atoms with Gasteiger partial charge in [-0.25, -0.2) is 0 Å². The molecule has 0 amide bonds. The second kappa shape index (κ2) is 11.2. The molecular weight excluding hydrogens is 262 g/mol. The Balaban J connectivity index is 1.83. The highest BCUT2D eigenvalue weighted by Gasteiger charge is 2.24. The number of Topliss-reactive ketones (excluding diaryl/α,β-unsaturated/α-hetero) is 1. The van der Waals surface area contributed by atoms with Gasteiger partial charge in [0.05, 0.1) is 6.10 Å². The van der Waals surface area contributed by atoms with Gasteiger partial charge >= 0.3 is 0 Å². The molecular formula is C18H35NO2. The van der Waals surface area contributed by atoms with Crippen LogP contribution in [0.4, 0.5) is 0 Å². The fourth-order valence-corrected chi connectivity index (χ4v) is 3.24. The lowest BCUT2D eigenvalue weighted by Crippen LogP contribution is -2.48. The number of carbonyl (C=O) groups is 1. The average molecular weight is 297 g/mol. The first kappa shape index (κ1) is 18.6. The molecule has 0 spiro atoms. The molecule has 3 atom stereocenters. The molecule has 3 nitrogen and oxygen atoms in total. The quantitative estimate of drug-likeness (QED) is 0.567. The summed E-state index contributed by atoms with van der Waals surface area (Å²) >= 11 is 0. The summed E-state index contributed by atoms with van der Waals surface area (Å²) in [4.78, 5) is 10.8. The van der Waals surface area contributed by atoms with Gasteiger partial charge in [0, 0.05) is 18.5 Å². The maximum absolute atomic E-state index is 10.8. The molecule has 0 unspecified atom stereocenters. The predicted octanol–water partition coefficient (Wildman–Crippen LogP) is 3.98. The van der Waals surface area contributed by atoms with Crippen LogP contribution in [0.25, 0.3) is 0 Å². The molecule has 1 heterocycles. The molecule has 1 aliphatic heterocycles.